The Labute approximate surface area is 157 Å². The molecule has 1 aromatic carbocycles. The zero-order chi connectivity index (χ0) is 18.2. The van der Waals surface area contributed by atoms with Crippen LogP contribution in [0.15, 0.2) is 69.5 Å². The number of hydrogen-bond acceptors (Lipinski definition) is 6. The molecule has 0 radical (unpaired) electrons. The van der Waals surface area contributed by atoms with Crippen molar-refractivity contribution in [2.75, 3.05) is 0 Å². The molecule has 3 aromatic rings. The van der Waals surface area contributed by atoms with Crippen LogP contribution in [-0.4, -0.2) is 24.2 Å². The first-order valence-corrected chi connectivity index (χ1v) is 9.32. The first kappa shape index (κ1) is 17.7. The molecule has 0 aliphatic carbocycles. The molecule has 0 saturated heterocycles. The van der Waals surface area contributed by atoms with Crippen LogP contribution < -0.4 is 10.9 Å². The summed E-state index contributed by atoms with van der Waals surface area (Å²) in [5, 5.41) is 11.7. The Morgan fingerprint density at radius 2 is 1.15 bits per heavy atom. The zero-order valence-corrected chi connectivity index (χ0v) is 15.1. The minimum absolute atomic E-state index is 0.347. The third kappa shape index (κ3) is 4.95. The molecule has 2 aromatic heterocycles. The standard InChI is InChI=1S/C18H14N4O2S2/c23-17(21-19-11-15-3-1-9-25-15)13-5-7-14(8-6-13)18(24)22-20-12-16-4-2-10-26-16/h1-12H,(H,21,23)(H,22,24). The molecular weight excluding hydrogens is 368 g/mol. The fourth-order valence-corrected chi connectivity index (χ4v) is 3.11. The van der Waals surface area contributed by atoms with Crippen molar-refractivity contribution in [3.05, 3.63) is 80.2 Å². The highest BCUT2D eigenvalue weighted by molar-refractivity contribution is 7.12. The number of thiophene rings is 2. The number of nitrogens with zero attached hydrogens (tertiary/aromatic N) is 2. The molecular formula is C18H14N4O2S2. The number of benzene rings is 1. The van der Waals surface area contributed by atoms with Crippen molar-refractivity contribution in [2.24, 2.45) is 10.2 Å². The molecule has 2 heterocycles. The summed E-state index contributed by atoms with van der Waals surface area (Å²) in [5.41, 5.74) is 5.72. The topological polar surface area (TPSA) is 82.9 Å². The fraction of sp³-hybridized carbons (Fsp3) is 0. The van der Waals surface area contributed by atoms with Crippen molar-refractivity contribution in [3.63, 3.8) is 0 Å². The third-order valence-electron chi connectivity index (χ3n) is 3.21. The van der Waals surface area contributed by atoms with E-state index in [0.29, 0.717) is 11.1 Å². The summed E-state index contributed by atoms with van der Waals surface area (Å²) >= 11 is 3.05. The van der Waals surface area contributed by atoms with Gasteiger partial charge in [0, 0.05) is 20.9 Å². The maximum atomic E-state index is 12.0. The van der Waals surface area contributed by atoms with Crippen LogP contribution in [0.3, 0.4) is 0 Å². The van der Waals surface area contributed by atoms with E-state index in [0.717, 1.165) is 9.75 Å². The highest BCUT2D eigenvalue weighted by atomic mass is 32.1. The predicted molar refractivity (Wildman–Crippen MR) is 105 cm³/mol. The van der Waals surface area contributed by atoms with Crippen molar-refractivity contribution in [3.8, 4) is 0 Å². The Kier molecular flexibility index (Phi) is 6.02. The van der Waals surface area contributed by atoms with Crippen LogP contribution in [0, 0.1) is 0 Å². The lowest BCUT2D eigenvalue weighted by Crippen LogP contribution is -2.19. The first-order valence-electron chi connectivity index (χ1n) is 7.56. The Morgan fingerprint density at radius 1 is 0.731 bits per heavy atom. The molecule has 8 heteroatoms. The average molecular weight is 382 g/mol. The minimum Gasteiger partial charge on any atom is -0.267 e. The molecule has 0 aliphatic rings. The normalized spacial score (nSPS) is 11.1. The quantitative estimate of drug-likeness (QED) is 0.506. The SMILES string of the molecule is O=C(NN=Cc1cccs1)c1ccc(C(=O)NN=Cc2cccs2)cc1. The largest absolute Gasteiger partial charge is 0.271 e. The highest BCUT2D eigenvalue weighted by Crippen LogP contribution is 2.07. The van der Waals surface area contributed by atoms with E-state index in [1.54, 1.807) is 36.7 Å². The number of nitrogens with one attached hydrogen (secondary N) is 2. The molecule has 0 bridgehead atoms. The molecule has 3 rings (SSSR count). The lowest BCUT2D eigenvalue weighted by molar-refractivity contribution is 0.0943. The zero-order valence-electron chi connectivity index (χ0n) is 13.5. The van der Waals surface area contributed by atoms with Crippen molar-refractivity contribution in [1.29, 1.82) is 0 Å². The van der Waals surface area contributed by atoms with Gasteiger partial charge < -0.3 is 0 Å². The van der Waals surface area contributed by atoms with Gasteiger partial charge in [-0.3, -0.25) is 9.59 Å². The molecule has 2 amide bonds. The second kappa shape index (κ2) is 8.84. The van der Waals surface area contributed by atoms with Gasteiger partial charge in [-0.1, -0.05) is 12.1 Å². The Balaban J connectivity index is 1.53. The Hall–Kier alpha value is -3.10. The summed E-state index contributed by atoms with van der Waals surface area (Å²) < 4.78 is 0. The predicted octanol–water partition coefficient (Wildman–Crippen LogP) is 3.34. The van der Waals surface area contributed by atoms with E-state index in [9.17, 15) is 9.59 Å². The smallest absolute Gasteiger partial charge is 0.267 e. The number of amides is 2. The lowest BCUT2D eigenvalue weighted by atomic mass is 10.1. The molecule has 26 heavy (non-hydrogen) atoms. The van der Waals surface area contributed by atoms with Crippen molar-refractivity contribution in [1.82, 2.24) is 10.9 Å². The van der Waals surface area contributed by atoms with Gasteiger partial charge in [0.1, 0.15) is 0 Å². The minimum atomic E-state index is -0.347. The van der Waals surface area contributed by atoms with Gasteiger partial charge in [-0.15, -0.1) is 22.7 Å². The van der Waals surface area contributed by atoms with Crippen LogP contribution in [-0.2, 0) is 0 Å². The maximum Gasteiger partial charge on any atom is 0.271 e. The van der Waals surface area contributed by atoms with E-state index >= 15 is 0 Å². The summed E-state index contributed by atoms with van der Waals surface area (Å²) in [6, 6.07) is 13.9. The highest BCUT2D eigenvalue weighted by Gasteiger charge is 2.08. The van der Waals surface area contributed by atoms with E-state index in [4.69, 9.17) is 0 Å². The second-order valence-corrected chi connectivity index (χ2v) is 6.96. The van der Waals surface area contributed by atoms with Gasteiger partial charge >= 0.3 is 0 Å². The van der Waals surface area contributed by atoms with Crippen molar-refractivity contribution >= 4 is 46.9 Å². The lowest BCUT2D eigenvalue weighted by Gasteiger charge is -2.02. The summed E-state index contributed by atoms with van der Waals surface area (Å²) in [7, 11) is 0. The van der Waals surface area contributed by atoms with Crippen LogP contribution in [0.4, 0.5) is 0 Å². The van der Waals surface area contributed by atoms with E-state index in [1.807, 2.05) is 35.0 Å². The molecule has 0 aliphatic heterocycles. The van der Waals surface area contributed by atoms with Crippen molar-refractivity contribution < 1.29 is 9.59 Å². The third-order valence-corrected chi connectivity index (χ3v) is 4.83. The van der Waals surface area contributed by atoms with E-state index in [-0.39, 0.29) is 11.8 Å². The van der Waals surface area contributed by atoms with Crippen LogP contribution >= 0.6 is 22.7 Å². The maximum absolute atomic E-state index is 12.0. The fourth-order valence-electron chi connectivity index (χ4n) is 1.94. The molecule has 0 saturated carbocycles. The van der Waals surface area contributed by atoms with E-state index < -0.39 is 0 Å². The number of hydrogen-bond donors (Lipinski definition) is 2. The summed E-state index contributed by atoms with van der Waals surface area (Å²) in [6.07, 6.45) is 3.16. The number of rotatable bonds is 6. The first-order chi connectivity index (χ1) is 12.7. The summed E-state index contributed by atoms with van der Waals surface area (Å²) in [6.45, 7) is 0. The van der Waals surface area contributed by atoms with Crippen LogP contribution in [0.5, 0.6) is 0 Å². The monoisotopic (exact) mass is 382 g/mol. The van der Waals surface area contributed by atoms with Gasteiger partial charge in [0.25, 0.3) is 11.8 Å². The molecule has 0 spiro atoms. The van der Waals surface area contributed by atoms with Gasteiger partial charge in [-0.05, 0) is 47.2 Å². The number of carbonyl (C=O) groups is 2. The van der Waals surface area contributed by atoms with E-state index in [2.05, 4.69) is 21.1 Å². The molecule has 0 fully saturated rings. The van der Waals surface area contributed by atoms with E-state index in [1.165, 1.54) is 22.7 Å². The number of carbonyl (C=O) groups excluding carboxylic acids is 2. The summed E-state index contributed by atoms with van der Waals surface area (Å²) in [4.78, 5) is 25.9. The Morgan fingerprint density at radius 3 is 1.50 bits per heavy atom. The van der Waals surface area contributed by atoms with Gasteiger partial charge in [0.05, 0.1) is 12.4 Å². The van der Waals surface area contributed by atoms with Crippen molar-refractivity contribution in [2.45, 2.75) is 0 Å². The molecule has 130 valence electrons. The molecule has 2 N–H and O–H groups in total. The summed E-state index contributed by atoms with van der Waals surface area (Å²) in [5.74, 6) is -0.694. The van der Waals surface area contributed by atoms with Gasteiger partial charge in [-0.25, -0.2) is 10.9 Å². The molecule has 0 unspecified atom stereocenters. The van der Waals surface area contributed by atoms with Gasteiger partial charge in [-0.2, -0.15) is 10.2 Å². The van der Waals surface area contributed by atoms with Crippen LogP contribution in [0.1, 0.15) is 30.5 Å². The second-order valence-electron chi connectivity index (χ2n) is 5.01. The Bertz CT molecular complexity index is 838. The van der Waals surface area contributed by atoms with Crippen LogP contribution in [0.25, 0.3) is 0 Å². The van der Waals surface area contributed by atoms with Gasteiger partial charge in [0.2, 0.25) is 0 Å². The molecule has 0 atom stereocenters. The molecule has 6 nitrogen and oxygen atoms in total. The van der Waals surface area contributed by atoms with Crippen LogP contribution in [0.2, 0.25) is 0 Å². The van der Waals surface area contributed by atoms with Gasteiger partial charge in [0.15, 0.2) is 0 Å². The number of hydrazone groups is 2. The average Bonchev–Trinajstić information content (AvgIpc) is 3.36.